The third-order valence-electron chi connectivity index (χ3n) is 3.87. The largest absolute Gasteiger partial charge is 0.396 e. The molecule has 0 bridgehead atoms. The van der Waals surface area contributed by atoms with Gasteiger partial charge in [-0.15, -0.1) is 0 Å². The van der Waals surface area contributed by atoms with E-state index in [1.165, 1.54) is 6.07 Å². The summed E-state index contributed by atoms with van der Waals surface area (Å²) in [6.45, 7) is 3.82. The molecule has 110 valence electrons. The van der Waals surface area contributed by atoms with E-state index in [-0.39, 0.29) is 24.1 Å². The van der Waals surface area contributed by atoms with Crippen LogP contribution in [0.2, 0.25) is 0 Å². The Morgan fingerprint density at radius 3 is 2.85 bits per heavy atom. The highest BCUT2D eigenvalue weighted by atomic mass is 16.6. The summed E-state index contributed by atoms with van der Waals surface area (Å²) >= 11 is 0. The van der Waals surface area contributed by atoms with Crippen LogP contribution in [-0.2, 0) is 6.54 Å². The smallest absolute Gasteiger partial charge is 0.269 e. The van der Waals surface area contributed by atoms with E-state index in [9.17, 15) is 20.3 Å². The monoisotopic (exact) mass is 280 g/mol. The van der Waals surface area contributed by atoms with Crippen molar-refractivity contribution in [1.82, 2.24) is 4.90 Å². The van der Waals surface area contributed by atoms with Crippen LogP contribution >= 0.6 is 0 Å². The molecule has 1 heterocycles. The third kappa shape index (κ3) is 3.33. The van der Waals surface area contributed by atoms with Crippen molar-refractivity contribution in [3.05, 3.63) is 39.9 Å². The minimum absolute atomic E-state index is 0.0447. The van der Waals surface area contributed by atoms with Gasteiger partial charge in [0.05, 0.1) is 11.0 Å². The zero-order chi connectivity index (χ0) is 14.7. The maximum absolute atomic E-state index is 10.8. The minimum Gasteiger partial charge on any atom is -0.396 e. The second kappa shape index (κ2) is 6.30. The first-order chi connectivity index (χ1) is 9.51. The van der Waals surface area contributed by atoms with Gasteiger partial charge in [-0.2, -0.15) is 0 Å². The molecule has 0 aromatic heterocycles. The molecule has 0 radical (unpaired) electrons. The first kappa shape index (κ1) is 14.9. The van der Waals surface area contributed by atoms with Gasteiger partial charge in [-0.25, -0.2) is 0 Å². The molecule has 6 nitrogen and oxygen atoms in total. The van der Waals surface area contributed by atoms with Gasteiger partial charge in [-0.3, -0.25) is 15.0 Å². The lowest BCUT2D eigenvalue weighted by Crippen LogP contribution is -2.49. The average Bonchev–Trinajstić information content (AvgIpc) is 2.43. The van der Waals surface area contributed by atoms with E-state index in [1.54, 1.807) is 12.1 Å². The van der Waals surface area contributed by atoms with Crippen LogP contribution in [0, 0.1) is 22.0 Å². The zero-order valence-corrected chi connectivity index (χ0v) is 11.5. The van der Waals surface area contributed by atoms with Crippen LogP contribution in [0.25, 0.3) is 0 Å². The Morgan fingerprint density at radius 2 is 2.20 bits per heavy atom. The number of nitrogens with zero attached hydrogens (tertiary/aromatic N) is 2. The molecule has 0 spiro atoms. The standard InChI is InChI=1S/C14H20N2O4/c1-10-6-15(8-12(9-17)14(10)18)7-11-3-2-4-13(5-11)16(19)20/h2-5,10,12,14,17-18H,6-9H2,1H3/t10-,12-,14+/m1/s1. The second-order valence-corrected chi connectivity index (χ2v) is 5.53. The van der Waals surface area contributed by atoms with Gasteiger partial charge in [-0.1, -0.05) is 19.1 Å². The second-order valence-electron chi connectivity index (χ2n) is 5.53. The summed E-state index contributed by atoms with van der Waals surface area (Å²) in [5, 5.41) is 30.0. The molecular formula is C14H20N2O4. The van der Waals surface area contributed by atoms with Crippen LogP contribution in [0.15, 0.2) is 24.3 Å². The summed E-state index contributed by atoms with van der Waals surface area (Å²) < 4.78 is 0. The maximum atomic E-state index is 10.8. The number of piperidine rings is 1. The lowest BCUT2D eigenvalue weighted by atomic mass is 9.87. The van der Waals surface area contributed by atoms with Crippen molar-refractivity contribution < 1.29 is 15.1 Å². The fourth-order valence-corrected chi connectivity index (χ4v) is 2.82. The Hall–Kier alpha value is -1.50. The van der Waals surface area contributed by atoms with Crippen LogP contribution in [0.4, 0.5) is 5.69 Å². The molecule has 0 saturated carbocycles. The number of rotatable bonds is 4. The Labute approximate surface area is 117 Å². The number of nitro benzene ring substituents is 1. The highest BCUT2D eigenvalue weighted by molar-refractivity contribution is 5.34. The lowest BCUT2D eigenvalue weighted by molar-refractivity contribution is -0.384. The Balaban J connectivity index is 2.06. The molecule has 1 fully saturated rings. The van der Waals surface area contributed by atoms with E-state index in [0.717, 1.165) is 12.1 Å². The molecule has 2 N–H and O–H groups in total. The van der Waals surface area contributed by atoms with Crippen molar-refractivity contribution in [3.63, 3.8) is 0 Å². The molecule has 0 unspecified atom stereocenters. The normalized spacial score (nSPS) is 27.4. The van der Waals surface area contributed by atoms with Gasteiger partial charge in [0, 0.05) is 44.3 Å². The highest BCUT2D eigenvalue weighted by Crippen LogP contribution is 2.24. The number of aliphatic hydroxyl groups excluding tert-OH is 2. The molecule has 1 aliphatic heterocycles. The van der Waals surface area contributed by atoms with E-state index in [1.807, 2.05) is 13.0 Å². The summed E-state index contributed by atoms with van der Waals surface area (Å²) in [6.07, 6.45) is -0.485. The quantitative estimate of drug-likeness (QED) is 0.635. The Bertz CT molecular complexity index is 480. The van der Waals surface area contributed by atoms with Crippen LogP contribution in [0.3, 0.4) is 0 Å². The first-order valence-electron chi connectivity index (χ1n) is 6.76. The molecule has 1 aromatic carbocycles. The Morgan fingerprint density at radius 1 is 1.45 bits per heavy atom. The number of hydrogen-bond acceptors (Lipinski definition) is 5. The van der Waals surface area contributed by atoms with Gasteiger partial charge >= 0.3 is 0 Å². The molecule has 20 heavy (non-hydrogen) atoms. The zero-order valence-electron chi connectivity index (χ0n) is 11.5. The average molecular weight is 280 g/mol. The van der Waals surface area contributed by atoms with Gasteiger partial charge in [0.1, 0.15) is 0 Å². The molecule has 0 amide bonds. The van der Waals surface area contributed by atoms with Crippen molar-refractivity contribution in [3.8, 4) is 0 Å². The maximum Gasteiger partial charge on any atom is 0.269 e. The number of likely N-dealkylation sites (tertiary alicyclic amines) is 1. The molecule has 6 heteroatoms. The predicted molar refractivity (Wildman–Crippen MR) is 74.1 cm³/mol. The summed E-state index contributed by atoms with van der Waals surface area (Å²) in [6, 6.07) is 6.59. The number of aliphatic hydroxyl groups is 2. The predicted octanol–water partition coefficient (Wildman–Crippen LogP) is 1.02. The number of non-ortho nitro benzene ring substituents is 1. The van der Waals surface area contributed by atoms with Crippen molar-refractivity contribution in [2.75, 3.05) is 19.7 Å². The number of benzene rings is 1. The van der Waals surface area contributed by atoms with Crippen LogP contribution in [-0.4, -0.2) is 45.8 Å². The molecule has 1 aliphatic rings. The SMILES string of the molecule is C[C@@H]1CN(Cc2cccc([N+](=O)[O-])c2)C[C@H](CO)[C@H]1O. The van der Waals surface area contributed by atoms with Crippen LogP contribution in [0.1, 0.15) is 12.5 Å². The van der Waals surface area contributed by atoms with E-state index in [4.69, 9.17) is 0 Å². The van der Waals surface area contributed by atoms with Crippen molar-refractivity contribution >= 4 is 5.69 Å². The van der Waals surface area contributed by atoms with Gasteiger partial charge in [0.2, 0.25) is 0 Å². The topological polar surface area (TPSA) is 86.8 Å². The fraction of sp³-hybridized carbons (Fsp3) is 0.571. The van der Waals surface area contributed by atoms with Gasteiger partial charge in [0.15, 0.2) is 0 Å². The molecule has 1 saturated heterocycles. The van der Waals surface area contributed by atoms with E-state index in [2.05, 4.69) is 4.90 Å². The van der Waals surface area contributed by atoms with E-state index in [0.29, 0.717) is 13.1 Å². The number of hydrogen-bond donors (Lipinski definition) is 2. The fourth-order valence-electron chi connectivity index (χ4n) is 2.82. The van der Waals surface area contributed by atoms with Gasteiger partial charge < -0.3 is 10.2 Å². The lowest BCUT2D eigenvalue weighted by Gasteiger charge is -2.39. The molecule has 0 aliphatic carbocycles. The molecular weight excluding hydrogens is 260 g/mol. The van der Waals surface area contributed by atoms with Gasteiger partial charge in [0.25, 0.3) is 5.69 Å². The third-order valence-corrected chi connectivity index (χ3v) is 3.87. The highest BCUT2D eigenvalue weighted by Gasteiger charge is 2.32. The van der Waals surface area contributed by atoms with Crippen LogP contribution < -0.4 is 0 Å². The number of nitro groups is 1. The first-order valence-corrected chi connectivity index (χ1v) is 6.76. The van der Waals surface area contributed by atoms with Crippen molar-refractivity contribution in [2.45, 2.75) is 19.6 Å². The van der Waals surface area contributed by atoms with Gasteiger partial charge in [-0.05, 0) is 11.5 Å². The summed E-state index contributed by atoms with van der Waals surface area (Å²) in [5.74, 6) is -0.0722. The molecule has 2 rings (SSSR count). The minimum atomic E-state index is -0.485. The van der Waals surface area contributed by atoms with Crippen molar-refractivity contribution in [2.24, 2.45) is 11.8 Å². The van der Waals surface area contributed by atoms with Crippen LogP contribution in [0.5, 0.6) is 0 Å². The van der Waals surface area contributed by atoms with E-state index < -0.39 is 11.0 Å². The Kier molecular flexibility index (Phi) is 4.69. The summed E-state index contributed by atoms with van der Waals surface area (Å²) in [5.41, 5.74) is 0.964. The summed E-state index contributed by atoms with van der Waals surface area (Å²) in [7, 11) is 0. The molecule has 3 atom stereocenters. The molecule has 1 aromatic rings. The summed E-state index contributed by atoms with van der Waals surface area (Å²) in [4.78, 5) is 12.5. The van der Waals surface area contributed by atoms with Crippen molar-refractivity contribution in [1.29, 1.82) is 0 Å². The van der Waals surface area contributed by atoms with E-state index >= 15 is 0 Å².